The number of benzene rings is 2. The molecule has 2 aromatic carbocycles. The monoisotopic (exact) mass is 936 g/mol. The molecule has 16 heteroatoms. The summed E-state index contributed by atoms with van der Waals surface area (Å²) in [7, 11) is 5.45. The molecule has 0 saturated carbocycles. The quantitative estimate of drug-likeness (QED) is 0.129. The molecule has 3 fully saturated rings. The molecule has 0 amide bonds. The van der Waals surface area contributed by atoms with Gasteiger partial charge >= 0.3 is 12.1 Å². The van der Waals surface area contributed by atoms with Crippen molar-refractivity contribution >= 4 is 35.5 Å². The Kier molecular flexibility index (Phi) is 17.2. The highest BCUT2D eigenvalue weighted by Gasteiger charge is 2.59. The summed E-state index contributed by atoms with van der Waals surface area (Å²) in [6.45, 7) is 15.3. The van der Waals surface area contributed by atoms with E-state index in [4.69, 9.17) is 54.8 Å². The Balaban J connectivity index is 1.41. The van der Waals surface area contributed by atoms with Gasteiger partial charge in [0.05, 0.1) is 48.5 Å². The van der Waals surface area contributed by atoms with Gasteiger partial charge in [0.15, 0.2) is 18.0 Å². The molecule has 4 heterocycles. The first kappa shape index (κ1) is 51.0. The number of carbonyl (C=O) groups is 2. The first-order valence-electron chi connectivity index (χ1n) is 23.0. The molecule has 1 N–H and O–H groups in total. The van der Waals surface area contributed by atoms with Crippen molar-refractivity contribution in [3.05, 3.63) is 89.5 Å². The zero-order valence-electron chi connectivity index (χ0n) is 40.2. The van der Waals surface area contributed by atoms with Gasteiger partial charge in [-0.1, -0.05) is 86.9 Å². The molecular weight excluding hydrogens is 868 g/mol. The SMILES string of the molecule is CCC1OC(=O)[C@H](C)[C@@H](OC/C=C/c2ccc(-n3ccnc3)cc2)[C@H](C)[C@@H](O[C@@H]2O[C@H](C)C[C@H](N(C)C)[C@H]2O)[C@](C)(OC)C[C@@H](C)/C(=N\OCc2ccccc2Cl)[C@H](C)[C@H]2OC(=O)O[C@]12C. The number of esters is 1. The second kappa shape index (κ2) is 22.2. The summed E-state index contributed by atoms with van der Waals surface area (Å²) < 4.78 is 47.0. The Bertz CT molecular complexity index is 2120. The van der Waals surface area contributed by atoms with Gasteiger partial charge in [-0.25, -0.2) is 9.78 Å². The van der Waals surface area contributed by atoms with Crippen LogP contribution in [0.1, 0.15) is 85.8 Å². The number of fused-ring (bicyclic) bond motifs is 1. The Morgan fingerprint density at radius 1 is 1.03 bits per heavy atom. The number of halogens is 1. The van der Waals surface area contributed by atoms with Gasteiger partial charge in [0.2, 0.25) is 0 Å². The van der Waals surface area contributed by atoms with Crippen molar-refractivity contribution in [2.24, 2.45) is 28.8 Å². The largest absolute Gasteiger partial charge is 0.509 e. The molecule has 0 spiro atoms. The van der Waals surface area contributed by atoms with E-state index in [9.17, 15) is 14.7 Å². The molecule has 14 atom stereocenters. The molecule has 3 aliphatic heterocycles. The second-order valence-electron chi connectivity index (χ2n) is 18.7. The van der Waals surface area contributed by atoms with E-state index in [0.717, 1.165) is 16.8 Å². The highest BCUT2D eigenvalue weighted by molar-refractivity contribution is 6.31. The first-order valence-corrected chi connectivity index (χ1v) is 23.4. The van der Waals surface area contributed by atoms with Crippen molar-refractivity contribution < 1.29 is 52.7 Å². The maximum Gasteiger partial charge on any atom is 0.509 e. The molecule has 15 nitrogen and oxygen atoms in total. The molecule has 362 valence electrons. The molecule has 1 unspecified atom stereocenters. The number of aromatic nitrogens is 2. The minimum atomic E-state index is -1.41. The van der Waals surface area contributed by atoms with Gasteiger partial charge in [-0.2, -0.15) is 0 Å². The smallest absolute Gasteiger partial charge is 0.458 e. The van der Waals surface area contributed by atoms with Crippen LogP contribution in [0.5, 0.6) is 0 Å². The number of likely N-dealkylation sites (N-methyl/N-ethyl adjacent to an activating group) is 1. The number of cyclic esters (lactones) is 1. The molecule has 0 bridgehead atoms. The number of ether oxygens (including phenoxy) is 7. The Morgan fingerprint density at radius 3 is 2.41 bits per heavy atom. The number of hydrogen-bond acceptors (Lipinski definition) is 14. The molecule has 66 heavy (non-hydrogen) atoms. The van der Waals surface area contributed by atoms with Crippen molar-refractivity contribution in [1.82, 2.24) is 14.5 Å². The summed E-state index contributed by atoms with van der Waals surface area (Å²) >= 11 is 6.51. The molecule has 3 aromatic rings. The topological polar surface area (TPSA) is 162 Å². The number of oxime groups is 1. The summed E-state index contributed by atoms with van der Waals surface area (Å²) in [4.78, 5) is 40.0. The number of hydrogen-bond donors (Lipinski definition) is 1. The first-order chi connectivity index (χ1) is 31.4. The zero-order valence-corrected chi connectivity index (χ0v) is 40.9. The summed E-state index contributed by atoms with van der Waals surface area (Å²) in [6, 6.07) is 15.1. The lowest BCUT2D eigenvalue weighted by atomic mass is 9.73. The standard InChI is InChI=1S/C50H69ClN4O11/c1-12-40-50(8)45(65-48(58)66-50)32(4)41(53-61-28-36-17-13-14-18-38(36)51)30(2)27-49(7,59-11)44(64-47-42(56)39(54(9)10)26-31(3)62-47)33(5)43(34(6)46(57)63-40)60-25-15-16-35-19-21-37(22-20-35)55-24-23-52-29-55/h13-24,29-34,39-40,42-45,47,56H,12,25-28H2,1-11H3/b16-15+,53-41+/t30-,31-,32+,33+,34-,39+,40?,42-,43+,44-,45-,47+,49-,50-/m1/s1. The van der Waals surface area contributed by atoms with Crippen molar-refractivity contribution in [2.75, 3.05) is 27.8 Å². The molecular formula is C50H69ClN4O11. The van der Waals surface area contributed by atoms with Crippen LogP contribution in [0.15, 0.2) is 78.5 Å². The van der Waals surface area contributed by atoms with Gasteiger partial charge in [0.25, 0.3) is 0 Å². The molecule has 3 aliphatic rings. The van der Waals surface area contributed by atoms with Gasteiger partial charge in [-0.05, 0) is 84.8 Å². The maximum atomic E-state index is 14.6. The van der Waals surface area contributed by atoms with E-state index in [2.05, 4.69) is 4.98 Å². The lowest BCUT2D eigenvalue weighted by Gasteiger charge is -2.48. The minimum Gasteiger partial charge on any atom is -0.458 e. The zero-order chi connectivity index (χ0) is 47.9. The van der Waals surface area contributed by atoms with Crippen LogP contribution < -0.4 is 0 Å². The van der Waals surface area contributed by atoms with E-state index in [1.807, 2.05) is 126 Å². The minimum absolute atomic E-state index is 0.0741. The second-order valence-corrected chi connectivity index (χ2v) is 19.1. The number of imidazole rings is 1. The van der Waals surface area contributed by atoms with Crippen molar-refractivity contribution in [3.63, 3.8) is 0 Å². The van der Waals surface area contributed by atoms with Crippen LogP contribution in [-0.2, 0) is 49.4 Å². The maximum absolute atomic E-state index is 14.6. The van der Waals surface area contributed by atoms with Crippen LogP contribution in [-0.4, -0.2) is 125 Å². The lowest BCUT2D eigenvalue weighted by Crippen LogP contribution is -2.60. The van der Waals surface area contributed by atoms with Crippen molar-refractivity contribution in [3.8, 4) is 5.69 Å². The van der Waals surface area contributed by atoms with Crippen LogP contribution in [0.2, 0.25) is 5.02 Å². The number of methoxy groups -OCH3 is 1. The Morgan fingerprint density at radius 2 is 1.76 bits per heavy atom. The number of aliphatic hydroxyl groups is 1. The number of carbonyl (C=O) groups excluding carboxylic acids is 2. The molecule has 3 saturated heterocycles. The highest BCUT2D eigenvalue weighted by atomic mass is 35.5. The third kappa shape index (κ3) is 11.5. The Labute approximate surface area is 394 Å². The van der Waals surface area contributed by atoms with E-state index in [1.54, 1.807) is 39.5 Å². The summed E-state index contributed by atoms with van der Waals surface area (Å²) in [5.41, 5.74) is 0.652. The van der Waals surface area contributed by atoms with Crippen LogP contribution >= 0.6 is 11.6 Å². The van der Waals surface area contributed by atoms with E-state index in [0.29, 0.717) is 30.0 Å². The third-order valence-corrected chi connectivity index (χ3v) is 14.1. The van der Waals surface area contributed by atoms with Gasteiger partial charge < -0.3 is 52.6 Å². The highest BCUT2D eigenvalue weighted by Crippen LogP contribution is 2.43. The fourth-order valence-electron chi connectivity index (χ4n) is 9.98. The van der Waals surface area contributed by atoms with Crippen molar-refractivity contribution in [2.45, 2.75) is 141 Å². The fraction of sp³-hybridized carbons (Fsp3) is 0.600. The Hall–Kier alpha value is -4.35. The fourth-order valence-corrected chi connectivity index (χ4v) is 10.2. The molecule has 0 aliphatic carbocycles. The number of nitrogens with zero attached hydrogens (tertiary/aromatic N) is 4. The van der Waals surface area contributed by atoms with E-state index in [1.165, 1.54) is 0 Å². The molecule has 0 radical (unpaired) electrons. The van der Waals surface area contributed by atoms with E-state index >= 15 is 0 Å². The lowest BCUT2D eigenvalue weighted by molar-refractivity contribution is -0.302. The molecule has 6 rings (SSSR count). The van der Waals surface area contributed by atoms with E-state index < -0.39 is 83.8 Å². The average Bonchev–Trinajstić information content (AvgIpc) is 3.94. The summed E-state index contributed by atoms with van der Waals surface area (Å²) in [6.07, 6.45) is 3.67. The van der Waals surface area contributed by atoms with Crippen LogP contribution in [0.25, 0.3) is 11.8 Å². The average molecular weight is 938 g/mol. The van der Waals surface area contributed by atoms with Gasteiger partial charge in [-0.15, -0.1) is 0 Å². The van der Waals surface area contributed by atoms with Gasteiger partial charge in [0, 0.05) is 59.6 Å². The van der Waals surface area contributed by atoms with Gasteiger partial charge in [-0.3, -0.25) is 4.79 Å². The van der Waals surface area contributed by atoms with Crippen LogP contribution in [0, 0.1) is 23.7 Å². The predicted octanol–water partition coefficient (Wildman–Crippen LogP) is 8.28. The third-order valence-electron chi connectivity index (χ3n) is 13.7. The molecule has 1 aromatic heterocycles. The number of rotatable bonds is 13. The van der Waals surface area contributed by atoms with E-state index in [-0.39, 0.29) is 25.4 Å². The van der Waals surface area contributed by atoms with Crippen LogP contribution in [0.3, 0.4) is 0 Å². The number of aliphatic hydroxyl groups excluding tert-OH is 1. The van der Waals surface area contributed by atoms with Crippen LogP contribution in [0.4, 0.5) is 4.79 Å². The normalized spacial score (nSPS) is 35.3. The van der Waals surface area contributed by atoms with Crippen molar-refractivity contribution in [1.29, 1.82) is 0 Å². The summed E-state index contributed by atoms with van der Waals surface area (Å²) in [5.74, 6) is -3.04. The predicted molar refractivity (Wildman–Crippen MR) is 250 cm³/mol. The van der Waals surface area contributed by atoms with Gasteiger partial charge in [0.1, 0.15) is 18.8 Å². The summed E-state index contributed by atoms with van der Waals surface area (Å²) in [5, 5.41) is 17.1.